The van der Waals surface area contributed by atoms with Crippen LogP contribution in [0.5, 0.6) is 11.5 Å². The Labute approximate surface area is 185 Å². The Kier molecular flexibility index (Phi) is 5.97. The van der Waals surface area contributed by atoms with Gasteiger partial charge in [-0.05, 0) is 46.0 Å². The van der Waals surface area contributed by atoms with E-state index in [1.807, 2.05) is 20.9 Å². The van der Waals surface area contributed by atoms with Crippen LogP contribution < -0.4 is 5.43 Å². The molecule has 0 amide bonds. The first-order valence-electron chi connectivity index (χ1n) is 10.4. The minimum Gasteiger partial charge on any atom is -0.507 e. The average Bonchev–Trinajstić information content (AvgIpc) is 2.68. The van der Waals surface area contributed by atoms with E-state index in [1.54, 1.807) is 24.3 Å². The average molecular weight is 444 g/mol. The predicted molar refractivity (Wildman–Crippen MR) is 121 cm³/mol. The quantitative estimate of drug-likeness (QED) is 0.606. The molecule has 6 nitrogen and oxygen atoms in total. The molecule has 2 atom stereocenters. The second-order valence-corrected chi connectivity index (χ2v) is 8.78. The van der Waals surface area contributed by atoms with Crippen molar-refractivity contribution in [1.82, 2.24) is 4.90 Å². The van der Waals surface area contributed by atoms with E-state index in [1.165, 1.54) is 12.1 Å². The molecule has 164 valence electrons. The molecule has 2 aromatic carbocycles. The smallest absolute Gasteiger partial charge is 0.197 e. The number of nitrogens with zero attached hydrogens (tertiary/aromatic N) is 1. The number of likely N-dealkylation sites (N-methyl/N-ethyl adjacent to an activating group) is 1. The summed E-state index contributed by atoms with van der Waals surface area (Å²) >= 11 is 6.32. The minimum absolute atomic E-state index is 0.00443. The number of phenols is 2. The van der Waals surface area contributed by atoms with Gasteiger partial charge in [0.15, 0.2) is 5.43 Å². The number of piperidine rings is 1. The largest absolute Gasteiger partial charge is 0.507 e. The lowest BCUT2D eigenvalue weighted by molar-refractivity contribution is -0.0412. The van der Waals surface area contributed by atoms with E-state index >= 15 is 0 Å². The van der Waals surface area contributed by atoms with Crippen molar-refractivity contribution in [2.75, 3.05) is 20.1 Å². The molecule has 1 aromatic heterocycles. The summed E-state index contributed by atoms with van der Waals surface area (Å²) in [6, 6.07) is 9.60. The van der Waals surface area contributed by atoms with E-state index in [4.69, 9.17) is 20.8 Å². The summed E-state index contributed by atoms with van der Waals surface area (Å²) in [7, 11) is 2.03. The molecule has 0 bridgehead atoms. The van der Waals surface area contributed by atoms with Gasteiger partial charge in [-0.3, -0.25) is 4.79 Å². The van der Waals surface area contributed by atoms with E-state index in [-0.39, 0.29) is 46.4 Å². The number of rotatable bonds is 4. The maximum absolute atomic E-state index is 13.0. The fraction of sp³-hybridized carbons (Fsp3) is 0.375. The van der Waals surface area contributed by atoms with E-state index in [0.29, 0.717) is 29.1 Å². The van der Waals surface area contributed by atoms with Gasteiger partial charge in [0.2, 0.25) is 0 Å². The Morgan fingerprint density at radius 2 is 1.94 bits per heavy atom. The first-order valence-corrected chi connectivity index (χ1v) is 10.8. The molecular weight excluding hydrogens is 418 g/mol. The van der Waals surface area contributed by atoms with Crippen LogP contribution >= 0.6 is 11.6 Å². The molecule has 4 rings (SSSR count). The molecule has 2 unspecified atom stereocenters. The summed E-state index contributed by atoms with van der Waals surface area (Å²) in [5, 5.41) is 21.8. The van der Waals surface area contributed by atoms with Crippen molar-refractivity contribution in [3.8, 4) is 22.8 Å². The van der Waals surface area contributed by atoms with Crippen molar-refractivity contribution in [2.45, 2.75) is 38.4 Å². The second-order valence-electron chi connectivity index (χ2n) is 8.37. The van der Waals surface area contributed by atoms with Crippen molar-refractivity contribution in [2.24, 2.45) is 0 Å². The number of benzene rings is 2. The molecule has 1 aliphatic heterocycles. The number of ether oxygens (including phenoxy) is 1. The Bertz CT molecular complexity index is 1170. The Morgan fingerprint density at radius 3 is 2.65 bits per heavy atom. The summed E-state index contributed by atoms with van der Waals surface area (Å²) in [5.41, 5.74) is 0.823. The van der Waals surface area contributed by atoms with Gasteiger partial charge in [-0.25, -0.2) is 0 Å². The summed E-state index contributed by atoms with van der Waals surface area (Å²) in [4.78, 5) is 15.2. The summed E-state index contributed by atoms with van der Waals surface area (Å²) in [6.45, 7) is 5.42. The highest BCUT2D eigenvalue weighted by atomic mass is 35.5. The molecule has 1 saturated heterocycles. The van der Waals surface area contributed by atoms with E-state index in [2.05, 4.69) is 4.90 Å². The zero-order valence-corrected chi connectivity index (χ0v) is 18.5. The van der Waals surface area contributed by atoms with Crippen LogP contribution in [0.4, 0.5) is 0 Å². The molecule has 31 heavy (non-hydrogen) atoms. The molecule has 0 radical (unpaired) electrons. The van der Waals surface area contributed by atoms with Crippen molar-refractivity contribution in [3.05, 3.63) is 57.2 Å². The van der Waals surface area contributed by atoms with Crippen LogP contribution in [0, 0.1) is 0 Å². The van der Waals surface area contributed by atoms with Gasteiger partial charge in [-0.2, -0.15) is 0 Å². The van der Waals surface area contributed by atoms with Gasteiger partial charge in [0.1, 0.15) is 28.2 Å². The fourth-order valence-electron chi connectivity index (χ4n) is 4.36. The lowest BCUT2D eigenvalue weighted by Gasteiger charge is -2.38. The number of hydrogen-bond donors (Lipinski definition) is 2. The number of fused-ring (bicyclic) bond motifs is 1. The molecule has 3 aromatic rings. The third kappa shape index (κ3) is 4.15. The lowest BCUT2D eigenvalue weighted by atomic mass is 9.85. The SMILES string of the molecule is CC(C)OC1CN(C)CCC1c1c(O)cc(O)c2c(=O)cc(-c3ccccc3Cl)oc12. The van der Waals surface area contributed by atoms with Crippen LogP contribution in [0.2, 0.25) is 5.02 Å². The molecule has 0 aliphatic carbocycles. The number of phenolic OH excluding ortho intramolecular Hbond substituents is 2. The molecule has 1 aliphatic rings. The number of aromatic hydroxyl groups is 2. The molecular formula is C24H26ClNO5. The van der Waals surface area contributed by atoms with E-state index in [9.17, 15) is 15.0 Å². The normalized spacial score (nSPS) is 19.9. The molecule has 2 N–H and O–H groups in total. The Balaban J connectivity index is 1.96. The molecule has 2 heterocycles. The van der Waals surface area contributed by atoms with E-state index < -0.39 is 5.43 Å². The lowest BCUT2D eigenvalue weighted by Crippen LogP contribution is -2.43. The molecule has 1 fully saturated rings. The van der Waals surface area contributed by atoms with Crippen LogP contribution in [0.15, 0.2) is 45.6 Å². The first kappa shape index (κ1) is 21.7. The first-order chi connectivity index (χ1) is 14.8. The van der Waals surface area contributed by atoms with Crippen molar-refractivity contribution >= 4 is 22.6 Å². The Hall–Kier alpha value is -2.54. The van der Waals surface area contributed by atoms with Gasteiger partial charge in [0.25, 0.3) is 0 Å². The topological polar surface area (TPSA) is 83.1 Å². The third-order valence-electron chi connectivity index (χ3n) is 5.72. The van der Waals surface area contributed by atoms with Crippen LogP contribution in [-0.4, -0.2) is 47.5 Å². The van der Waals surface area contributed by atoms with Crippen molar-refractivity contribution in [1.29, 1.82) is 0 Å². The van der Waals surface area contributed by atoms with Crippen LogP contribution in [0.25, 0.3) is 22.3 Å². The van der Waals surface area contributed by atoms with Crippen LogP contribution in [0.1, 0.15) is 31.7 Å². The predicted octanol–water partition coefficient (Wildman–Crippen LogP) is 4.74. The van der Waals surface area contributed by atoms with E-state index in [0.717, 1.165) is 6.54 Å². The number of hydrogen-bond acceptors (Lipinski definition) is 6. The highest BCUT2D eigenvalue weighted by Gasteiger charge is 2.35. The van der Waals surface area contributed by atoms with Gasteiger partial charge in [0, 0.05) is 35.7 Å². The standard InChI is InChI=1S/C24H26ClNO5/c1-13(2)30-21-12-26(3)9-8-15(21)22-17(27)10-18(28)23-19(29)11-20(31-24(22)23)14-6-4-5-7-16(14)25/h4-7,10-11,13,15,21,27-28H,8-9,12H2,1-3H3. The van der Waals surface area contributed by atoms with Gasteiger partial charge >= 0.3 is 0 Å². The zero-order valence-electron chi connectivity index (χ0n) is 17.8. The van der Waals surface area contributed by atoms with Crippen molar-refractivity contribution < 1.29 is 19.4 Å². The maximum Gasteiger partial charge on any atom is 0.197 e. The van der Waals surface area contributed by atoms with Gasteiger partial charge < -0.3 is 24.3 Å². The summed E-state index contributed by atoms with van der Waals surface area (Å²) in [5.74, 6) is -0.351. The highest BCUT2D eigenvalue weighted by molar-refractivity contribution is 6.33. The second kappa shape index (κ2) is 8.54. The summed E-state index contributed by atoms with van der Waals surface area (Å²) in [6.07, 6.45) is 0.503. The van der Waals surface area contributed by atoms with Gasteiger partial charge in [0.05, 0.1) is 17.2 Å². The molecule has 0 saturated carbocycles. The zero-order chi connectivity index (χ0) is 22.3. The van der Waals surface area contributed by atoms with Crippen LogP contribution in [0.3, 0.4) is 0 Å². The van der Waals surface area contributed by atoms with Crippen LogP contribution in [-0.2, 0) is 4.74 Å². The highest BCUT2D eigenvalue weighted by Crippen LogP contribution is 2.43. The van der Waals surface area contributed by atoms with Gasteiger partial charge in [-0.15, -0.1) is 0 Å². The Morgan fingerprint density at radius 1 is 1.19 bits per heavy atom. The third-order valence-corrected chi connectivity index (χ3v) is 6.05. The van der Waals surface area contributed by atoms with Crippen molar-refractivity contribution in [3.63, 3.8) is 0 Å². The molecule has 0 spiro atoms. The fourth-order valence-corrected chi connectivity index (χ4v) is 4.59. The summed E-state index contributed by atoms with van der Waals surface area (Å²) < 4.78 is 12.3. The minimum atomic E-state index is -0.399. The van der Waals surface area contributed by atoms with Gasteiger partial charge in [-0.1, -0.05) is 23.7 Å². The number of likely N-dealkylation sites (tertiary alicyclic amines) is 1. The number of halogens is 1. The monoisotopic (exact) mass is 443 g/mol. The molecule has 7 heteroatoms. The maximum atomic E-state index is 13.0.